The molecule has 19 heavy (non-hydrogen) atoms. The van der Waals surface area contributed by atoms with Gasteiger partial charge in [-0.1, -0.05) is 0 Å². The van der Waals surface area contributed by atoms with E-state index in [1.165, 1.54) is 4.90 Å². The lowest BCUT2D eigenvalue weighted by atomic mass is 9.83. The molecule has 5 nitrogen and oxygen atoms in total. The number of carbonyl (C=O) groups is 1. The molecular weight excluding hydrogens is 244 g/mol. The number of rotatable bonds is 2. The molecule has 0 aromatic rings. The van der Waals surface area contributed by atoms with Gasteiger partial charge in [0.1, 0.15) is 0 Å². The molecule has 1 unspecified atom stereocenters. The molecule has 5 heteroatoms. The summed E-state index contributed by atoms with van der Waals surface area (Å²) in [7, 11) is 0. The number of nitrogens with zero attached hydrogens (tertiary/aromatic N) is 2. The van der Waals surface area contributed by atoms with Crippen LogP contribution in [0, 0.1) is 5.92 Å². The van der Waals surface area contributed by atoms with Crippen LogP contribution < -0.4 is 0 Å². The van der Waals surface area contributed by atoms with E-state index in [0.717, 1.165) is 38.8 Å². The molecule has 2 fully saturated rings. The van der Waals surface area contributed by atoms with Crippen molar-refractivity contribution in [3.8, 4) is 0 Å². The van der Waals surface area contributed by atoms with Crippen LogP contribution in [-0.2, 0) is 0 Å². The molecule has 0 aromatic heterocycles. The van der Waals surface area contributed by atoms with Crippen LogP contribution in [0.15, 0.2) is 0 Å². The van der Waals surface area contributed by atoms with E-state index in [2.05, 4.69) is 4.90 Å². The van der Waals surface area contributed by atoms with Gasteiger partial charge >= 0.3 is 6.09 Å². The Morgan fingerprint density at radius 3 is 2.32 bits per heavy atom. The summed E-state index contributed by atoms with van der Waals surface area (Å²) < 4.78 is 0. The van der Waals surface area contributed by atoms with Crippen molar-refractivity contribution in [2.45, 2.75) is 51.2 Å². The minimum atomic E-state index is -0.800. The van der Waals surface area contributed by atoms with Crippen LogP contribution in [0.5, 0.6) is 0 Å². The monoisotopic (exact) mass is 270 g/mol. The van der Waals surface area contributed by atoms with Gasteiger partial charge in [0.05, 0.1) is 5.60 Å². The molecule has 2 saturated heterocycles. The standard InChI is InChI=1S/C14H26N2O3/c1-14(2,19)11-4-3-7-16(10-11)12-5-8-15(9-6-12)13(17)18/h11-12,19H,3-10H2,1-2H3,(H,17,18). The molecule has 0 saturated carbocycles. The Kier molecular flexibility index (Phi) is 4.36. The summed E-state index contributed by atoms with van der Waals surface area (Å²) in [5.74, 6) is 0.332. The predicted octanol–water partition coefficient (Wildman–Crippen LogP) is 1.61. The highest BCUT2D eigenvalue weighted by molar-refractivity contribution is 5.65. The Bertz CT molecular complexity index is 319. The van der Waals surface area contributed by atoms with Crippen LogP contribution >= 0.6 is 0 Å². The first-order valence-electron chi connectivity index (χ1n) is 7.32. The van der Waals surface area contributed by atoms with Gasteiger partial charge in [0.2, 0.25) is 0 Å². The molecule has 2 aliphatic rings. The summed E-state index contributed by atoms with van der Waals surface area (Å²) in [5, 5.41) is 19.1. The largest absolute Gasteiger partial charge is 0.465 e. The first-order chi connectivity index (χ1) is 8.88. The lowest BCUT2D eigenvalue weighted by Crippen LogP contribution is -2.52. The smallest absolute Gasteiger partial charge is 0.407 e. The minimum Gasteiger partial charge on any atom is -0.465 e. The van der Waals surface area contributed by atoms with Crippen molar-refractivity contribution in [1.82, 2.24) is 9.80 Å². The highest BCUT2D eigenvalue weighted by Gasteiger charge is 2.35. The second kappa shape index (κ2) is 5.67. The molecule has 2 aliphatic heterocycles. The second-order valence-electron chi connectivity index (χ2n) is 6.49. The number of likely N-dealkylation sites (tertiary alicyclic amines) is 2. The van der Waals surface area contributed by atoms with E-state index in [0.29, 0.717) is 25.0 Å². The summed E-state index contributed by atoms with van der Waals surface area (Å²) >= 11 is 0. The van der Waals surface area contributed by atoms with Gasteiger partial charge in [-0.3, -0.25) is 4.90 Å². The fourth-order valence-electron chi connectivity index (χ4n) is 3.34. The maximum Gasteiger partial charge on any atom is 0.407 e. The lowest BCUT2D eigenvalue weighted by molar-refractivity contribution is -0.0323. The van der Waals surface area contributed by atoms with Gasteiger partial charge in [0.25, 0.3) is 0 Å². The van der Waals surface area contributed by atoms with Crippen molar-refractivity contribution in [1.29, 1.82) is 0 Å². The van der Waals surface area contributed by atoms with Crippen molar-refractivity contribution in [3.05, 3.63) is 0 Å². The van der Waals surface area contributed by atoms with Gasteiger partial charge in [0.15, 0.2) is 0 Å². The molecular formula is C14H26N2O3. The van der Waals surface area contributed by atoms with Crippen molar-refractivity contribution < 1.29 is 15.0 Å². The maximum atomic E-state index is 10.9. The highest BCUT2D eigenvalue weighted by atomic mass is 16.4. The van der Waals surface area contributed by atoms with Gasteiger partial charge in [0, 0.05) is 25.7 Å². The third-order valence-electron chi connectivity index (χ3n) is 4.70. The van der Waals surface area contributed by atoms with Gasteiger partial charge in [-0.15, -0.1) is 0 Å². The van der Waals surface area contributed by atoms with Crippen molar-refractivity contribution in [2.24, 2.45) is 5.92 Å². The summed E-state index contributed by atoms with van der Waals surface area (Å²) in [5.41, 5.74) is -0.611. The Morgan fingerprint density at radius 1 is 1.16 bits per heavy atom. The Morgan fingerprint density at radius 2 is 1.79 bits per heavy atom. The fraction of sp³-hybridized carbons (Fsp3) is 0.929. The lowest BCUT2D eigenvalue weighted by Gasteiger charge is -2.44. The van der Waals surface area contributed by atoms with Crippen LogP contribution in [-0.4, -0.2) is 63.9 Å². The zero-order valence-electron chi connectivity index (χ0n) is 12.0. The van der Waals surface area contributed by atoms with Crippen molar-refractivity contribution >= 4 is 6.09 Å². The summed E-state index contributed by atoms with van der Waals surface area (Å²) in [6.07, 6.45) is 3.27. The number of hydrogen-bond donors (Lipinski definition) is 2. The maximum absolute atomic E-state index is 10.9. The van der Waals surface area contributed by atoms with E-state index >= 15 is 0 Å². The number of piperidine rings is 2. The molecule has 0 aromatic carbocycles. The third kappa shape index (κ3) is 3.60. The average Bonchev–Trinajstić information content (AvgIpc) is 2.38. The van der Waals surface area contributed by atoms with Crippen molar-refractivity contribution in [3.63, 3.8) is 0 Å². The second-order valence-corrected chi connectivity index (χ2v) is 6.49. The number of aliphatic hydroxyl groups is 1. The Hall–Kier alpha value is -0.810. The van der Waals surface area contributed by atoms with E-state index in [4.69, 9.17) is 5.11 Å². The topological polar surface area (TPSA) is 64.0 Å². The summed E-state index contributed by atoms with van der Waals surface area (Å²) in [6.45, 7) is 7.11. The van der Waals surface area contributed by atoms with Gasteiger partial charge in [-0.05, 0) is 52.0 Å². The number of hydrogen-bond acceptors (Lipinski definition) is 3. The van der Waals surface area contributed by atoms with E-state index < -0.39 is 11.7 Å². The molecule has 2 N–H and O–H groups in total. The quantitative estimate of drug-likeness (QED) is 0.800. The van der Waals surface area contributed by atoms with Crippen molar-refractivity contribution in [2.75, 3.05) is 26.2 Å². The Labute approximate surface area is 115 Å². The molecule has 0 spiro atoms. The van der Waals surface area contributed by atoms with E-state index in [1.807, 2.05) is 13.8 Å². The zero-order valence-corrected chi connectivity index (χ0v) is 12.0. The molecule has 2 rings (SSSR count). The molecule has 1 amide bonds. The first kappa shape index (κ1) is 14.6. The van der Waals surface area contributed by atoms with Gasteiger partial charge in [-0.25, -0.2) is 4.79 Å². The van der Waals surface area contributed by atoms with Crippen LogP contribution in [0.25, 0.3) is 0 Å². The SMILES string of the molecule is CC(C)(O)C1CCCN(C2CCN(C(=O)O)CC2)C1. The van der Waals surface area contributed by atoms with Crippen LogP contribution in [0.4, 0.5) is 4.79 Å². The number of carboxylic acid groups (broad SMARTS) is 1. The molecule has 110 valence electrons. The fourth-order valence-corrected chi connectivity index (χ4v) is 3.34. The zero-order chi connectivity index (χ0) is 14.0. The molecule has 0 bridgehead atoms. The minimum absolute atomic E-state index is 0.332. The molecule has 0 radical (unpaired) electrons. The third-order valence-corrected chi connectivity index (χ3v) is 4.70. The predicted molar refractivity (Wildman–Crippen MR) is 73.2 cm³/mol. The van der Waals surface area contributed by atoms with E-state index in [9.17, 15) is 9.90 Å². The first-order valence-corrected chi connectivity index (χ1v) is 7.32. The Balaban J connectivity index is 1.87. The summed E-state index contributed by atoms with van der Waals surface area (Å²) in [4.78, 5) is 14.9. The van der Waals surface area contributed by atoms with Gasteiger partial charge < -0.3 is 15.1 Å². The molecule has 0 aliphatic carbocycles. The summed E-state index contributed by atoms with van der Waals surface area (Å²) in [6, 6.07) is 0.487. The van der Waals surface area contributed by atoms with E-state index in [-0.39, 0.29) is 0 Å². The molecule has 2 heterocycles. The van der Waals surface area contributed by atoms with Crippen LogP contribution in [0.3, 0.4) is 0 Å². The normalized spacial score (nSPS) is 27.5. The highest BCUT2D eigenvalue weighted by Crippen LogP contribution is 2.29. The number of amides is 1. The van der Waals surface area contributed by atoms with Crippen LogP contribution in [0.1, 0.15) is 39.5 Å². The van der Waals surface area contributed by atoms with Crippen LogP contribution in [0.2, 0.25) is 0 Å². The van der Waals surface area contributed by atoms with Gasteiger partial charge in [-0.2, -0.15) is 0 Å². The average molecular weight is 270 g/mol. The van der Waals surface area contributed by atoms with E-state index in [1.54, 1.807) is 0 Å². The molecule has 1 atom stereocenters.